The molecule has 1 heterocycles. The lowest BCUT2D eigenvalue weighted by Crippen LogP contribution is -1.84. The Bertz CT molecular complexity index is 793. The zero-order valence-corrected chi connectivity index (χ0v) is 16.1. The lowest BCUT2D eigenvalue weighted by molar-refractivity contribution is 0.414. The number of hydrogen-bond acceptors (Lipinski definition) is 6. The molecular weight excluding hydrogens is 380 g/mol. The predicted octanol–water partition coefficient (Wildman–Crippen LogP) is 5.78. The van der Waals surface area contributed by atoms with Crippen molar-refractivity contribution in [3.8, 4) is 5.75 Å². The smallest absolute Gasteiger partial charge is 0.175 e. The molecule has 24 heavy (non-hydrogen) atoms. The number of halogens is 1. The van der Waals surface area contributed by atoms with E-state index in [1.54, 1.807) is 42.0 Å². The maximum absolute atomic E-state index is 6.18. The topological polar surface area (TPSA) is 35.0 Å². The molecule has 0 fully saturated rings. The van der Waals surface area contributed by atoms with Gasteiger partial charge in [0.15, 0.2) is 8.68 Å². The van der Waals surface area contributed by atoms with Gasteiger partial charge in [-0.2, -0.15) is 0 Å². The van der Waals surface area contributed by atoms with Crippen molar-refractivity contribution >= 4 is 46.5 Å². The van der Waals surface area contributed by atoms with Crippen LogP contribution in [0.3, 0.4) is 0 Å². The molecule has 3 nitrogen and oxygen atoms in total. The van der Waals surface area contributed by atoms with Crippen molar-refractivity contribution < 1.29 is 4.74 Å². The number of nitrogens with zero attached hydrogens (tertiary/aromatic N) is 2. The molecule has 0 bridgehead atoms. The minimum atomic E-state index is 0.795. The monoisotopic (exact) mass is 394 g/mol. The standard InChI is InChI=1S/C17H15ClN2OS3/c1-21-14-8-6-12(7-9-14)10-22-16-19-20-17(24-16)23-11-13-4-2-3-5-15(13)18/h2-9H,10-11H2,1H3. The van der Waals surface area contributed by atoms with Crippen LogP contribution in [0.4, 0.5) is 0 Å². The lowest BCUT2D eigenvalue weighted by Gasteiger charge is -2.01. The second-order valence-corrected chi connectivity index (χ2v) is 8.68. The first-order chi connectivity index (χ1) is 11.7. The van der Waals surface area contributed by atoms with Crippen LogP contribution in [0.25, 0.3) is 0 Å². The van der Waals surface area contributed by atoms with Crippen molar-refractivity contribution in [2.24, 2.45) is 0 Å². The summed E-state index contributed by atoms with van der Waals surface area (Å²) < 4.78 is 7.11. The first-order valence-corrected chi connectivity index (χ1v) is 10.4. The van der Waals surface area contributed by atoms with E-state index >= 15 is 0 Å². The fourth-order valence-corrected chi connectivity index (χ4v) is 5.20. The third-order valence-corrected chi connectivity index (χ3v) is 6.90. The van der Waals surface area contributed by atoms with E-state index in [4.69, 9.17) is 16.3 Å². The van der Waals surface area contributed by atoms with E-state index in [1.165, 1.54) is 5.56 Å². The summed E-state index contributed by atoms with van der Waals surface area (Å²) in [6, 6.07) is 16.0. The average molecular weight is 395 g/mol. The Hall–Kier alpha value is -1.21. The maximum atomic E-state index is 6.18. The van der Waals surface area contributed by atoms with E-state index in [9.17, 15) is 0 Å². The summed E-state index contributed by atoms with van der Waals surface area (Å²) in [6.07, 6.45) is 0. The molecule has 0 aliphatic carbocycles. The van der Waals surface area contributed by atoms with Crippen LogP contribution in [0, 0.1) is 0 Å². The van der Waals surface area contributed by atoms with Gasteiger partial charge in [0.1, 0.15) is 5.75 Å². The highest BCUT2D eigenvalue weighted by Crippen LogP contribution is 2.33. The van der Waals surface area contributed by atoms with E-state index in [2.05, 4.69) is 22.3 Å². The van der Waals surface area contributed by atoms with Gasteiger partial charge in [-0.15, -0.1) is 10.2 Å². The molecule has 2 aromatic carbocycles. The first kappa shape index (κ1) is 17.6. The van der Waals surface area contributed by atoms with Crippen LogP contribution in [0.2, 0.25) is 5.02 Å². The normalized spacial score (nSPS) is 10.8. The van der Waals surface area contributed by atoms with Crippen LogP contribution >= 0.6 is 46.5 Å². The van der Waals surface area contributed by atoms with Gasteiger partial charge in [-0.05, 0) is 29.3 Å². The number of methoxy groups -OCH3 is 1. The van der Waals surface area contributed by atoms with Crippen molar-refractivity contribution in [1.29, 1.82) is 0 Å². The third kappa shape index (κ3) is 4.89. The Labute approximate surface area is 158 Å². The van der Waals surface area contributed by atoms with Gasteiger partial charge in [-0.25, -0.2) is 0 Å². The van der Waals surface area contributed by atoms with Gasteiger partial charge in [-0.1, -0.05) is 76.8 Å². The molecule has 0 amide bonds. The fourth-order valence-electron chi connectivity index (χ4n) is 1.94. The molecule has 0 N–H and O–H groups in total. The van der Waals surface area contributed by atoms with Gasteiger partial charge in [0.25, 0.3) is 0 Å². The van der Waals surface area contributed by atoms with Crippen molar-refractivity contribution in [2.45, 2.75) is 20.2 Å². The molecule has 0 saturated carbocycles. The van der Waals surface area contributed by atoms with Crippen molar-refractivity contribution in [2.75, 3.05) is 7.11 Å². The fraction of sp³-hybridized carbons (Fsp3) is 0.176. The van der Waals surface area contributed by atoms with E-state index in [0.29, 0.717) is 0 Å². The van der Waals surface area contributed by atoms with E-state index in [0.717, 1.165) is 36.5 Å². The number of thioether (sulfide) groups is 2. The molecule has 3 rings (SSSR count). The largest absolute Gasteiger partial charge is 0.497 e. The molecular formula is C17H15ClN2OS3. The molecule has 0 atom stereocenters. The third-order valence-electron chi connectivity index (χ3n) is 3.22. The zero-order valence-electron chi connectivity index (χ0n) is 12.9. The SMILES string of the molecule is COc1ccc(CSc2nnc(SCc3ccccc3Cl)s2)cc1. The molecule has 0 unspecified atom stereocenters. The molecule has 7 heteroatoms. The summed E-state index contributed by atoms with van der Waals surface area (Å²) in [5.74, 6) is 2.54. The summed E-state index contributed by atoms with van der Waals surface area (Å²) in [4.78, 5) is 0. The van der Waals surface area contributed by atoms with Crippen molar-refractivity contribution in [1.82, 2.24) is 10.2 Å². The summed E-state index contributed by atoms with van der Waals surface area (Å²) in [7, 11) is 1.67. The average Bonchev–Trinajstić information content (AvgIpc) is 3.08. The molecule has 0 radical (unpaired) electrons. The Morgan fingerprint density at radius 2 is 1.62 bits per heavy atom. The molecule has 124 valence electrons. The van der Waals surface area contributed by atoms with Gasteiger partial charge in [-0.3, -0.25) is 0 Å². The van der Waals surface area contributed by atoms with Gasteiger partial charge < -0.3 is 4.74 Å². The van der Waals surface area contributed by atoms with Crippen LogP contribution in [0.15, 0.2) is 57.2 Å². The van der Waals surface area contributed by atoms with E-state index < -0.39 is 0 Å². The van der Waals surface area contributed by atoms with Crippen molar-refractivity contribution in [3.63, 3.8) is 0 Å². The molecule has 1 aromatic heterocycles. The Morgan fingerprint density at radius 3 is 2.29 bits per heavy atom. The highest BCUT2D eigenvalue weighted by Gasteiger charge is 2.07. The van der Waals surface area contributed by atoms with Crippen LogP contribution in [0.1, 0.15) is 11.1 Å². The quantitative estimate of drug-likeness (QED) is 0.474. The van der Waals surface area contributed by atoms with Crippen LogP contribution in [0.5, 0.6) is 5.75 Å². The lowest BCUT2D eigenvalue weighted by atomic mass is 10.2. The minimum absolute atomic E-state index is 0.795. The molecule has 0 saturated heterocycles. The number of ether oxygens (including phenoxy) is 1. The number of rotatable bonds is 7. The van der Waals surface area contributed by atoms with Crippen LogP contribution < -0.4 is 4.74 Å². The highest BCUT2D eigenvalue weighted by atomic mass is 35.5. The first-order valence-electron chi connectivity index (χ1n) is 7.20. The summed E-state index contributed by atoms with van der Waals surface area (Å²) in [5, 5.41) is 9.30. The number of aromatic nitrogens is 2. The zero-order chi connectivity index (χ0) is 16.8. The Morgan fingerprint density at radius 1 is 0.958 bits per heavy atom. The van der Waals surface area contributed by atoms with Crippen molar-refractivity contribution in [3.05, 3.63) is 64.7 Å². The molecule has 3 aromatic rings. The number of benzene rings is 2. The second kappa shape index (κ2) is 8.76. The van der Waals surface area contributed by atoms with Gasteiger partial charge in [0.05, 0.1) is 7.11 Å². The highest BCUT2D eigenvalue weighted by molar-refractivity contribution is 8.02. The van der Waals surface area contributed by atoms with E-state index in [-0.39, 0.29) is 0 Å². The maximum Gasteiger partial charge on any atom is 0.175 e. The van der Waals surface area contributed by atoms with Gasteiger partial charge in [0, 0.05) is 16.5 Å². The molecule has 0 spiro atoms. The van der Waals surface area contributed by atoms with Gasteiger partial charge >= 0.3 is 0 Å². The number of hydrogen-bond donors (Lipinski definition) is 0. The summed E-state index contributed by atoms with van der Waals surface area (Å²) >= 11 is 11.2. The Balaban J connectivity index is 1.52. The molecule has 0 aliphatic rings. The van der Waals surface area contributed by atoms with Gasteiger partial charge in [0.2, 0.25) is 0 Å². The van der Waals surface area contributed by atoms with Crippen LogP contribution in [-0.2, 0) is 11.5 Å². The van der Waals surface area contributed by atoms with Crippen LogP contribution in [-0.4, -0.2) is 17.3 Å². The summed E-state index contributed by atoms with van der Waals surface area (Å²) in [6.45, 7) is 0. The minimum Gasteiger partial charge on any atom is -0.497 e. The van der Waals surface area contributed by atoms with E-state index in [1.807, 2.05) is 36.4 Å². The molecule has 0 aliphatic heterocycles. The predicted molar refractivity (Wildman–Crippen MR) is 103 cm³/mol. The second-order valence-electron chi connectivity index (χ2n) is 4.85. The summed E-state index contributed by atoms with van der Waals surface area (Å²) in [5.41, 5.74) is 2.35. The Kier molecular flexibility index (Phi) is 6.43.